The number of piperidine rings is 1. The Morgan fingerprint density at radius 1 is 0.974 bits per heavy atom. The van der Waals surface area contributed by atoms with Gasteiger partial charge in [0.25, 0.3) is 0 Å². The first-order valence-corrected chi connectivity index (χ1v) is 15.6. The average Bonchev–Trinajstić information content (AvgIpc) is 2.86. The normalized spacial score (nSPS) is 15.7. The third kappa shape index (κ3) is 7.55. The van der Waals surface area contributed by atoms with E-state index in [0.717, 1.165) is 6.26 Å². The molecule has 1 aliphatic heterocycles. The molecule has 10 nitrogen and oxygen atoms in total. The van der Waals surface area contributed by atoms with Crippen molar-refractivity contribution in [1.82, 2.24) is 9.62 Å². The summed E-state index contributed by atoms with van der Waals surface area (Å²) in [4.78, 5) is 24.2. The van der Waals surface area contributed by atoms with Crippen LogP contribution in [0.1, 0.15) is 49.9 Å². The van der Waals surface area contributed by atoms with Crippen LogP contribution >= 0.6 is 0 Å². The Morgan fingerprint density at radius 2 is 1.53 bits per heavy atom. The van der Waals surface area contributed by atoms with Gasteiger partial charge in [-0.3, -0.25) is 4.79 Å². The van der Waals surface area contributed by atoms with Crippen LogP contribution in [-0.4, -0.2) is 70.1 Å². The second kappa shape index (κ2) is 11.8. The number of sulfone groups is 1. The largest absolute Gasteiger partial charge is 0.494 e. The van der Waals surface area contributed by atoms with Gasteiger partial charge in [0.15, 0.2) is 9.84 Å². The number of carbonyl (C=O) groups is 2. The van der Waals surface area contributed by atoms with E-state index in [4.69, 9.17) is 9.84 Å². The minimum atomic E-state index is -3.75. The molecule has 0 aromatic heterocycles. The van der Waals surface area contributed by atoms with E-state index in [1.165, 1.54) is 40.7 Å². The number of benzene rings is 2. The van der Waals surface area contributed by atoms with Crippen LogP contribution in [0.5, 0.6) is 5.75 Å². The molecule has 0 bridgehead atoms. The van der Waals surface area contributed by atoms with Crippen LogP contribution in [0.3, 0.4) is 0 Å². The molecule has 1 fully saturated rings. The lowest BCUT2D eigenvalue weighted by atomic mass is 9.86. The first-order chi connectivity index (χ1) is 17.7. The van der Waals surface area contributed by atoms with Gasteiger partial charge in [-0.25, -0.2) is 21.6 Å². The summed E-state index contributed by atoms with van der Waals surface area (Å²) < 4.78 is 56.0. The SMILES string of the molecule is CC(C)(CCCOc1ccc(S(C)(=O)=O)cc1)C(=O)NC1CCN(S(=O)(=O)c2ccc(C(=O)O)cc2)CC1. The van der Waals surface area contributed by atoms with E-state index < -0.39 is 31.2 Å². The Labute approximate surface area is 224 Å². The van der Waals surface area contributed by atoms with Gasteiger partial charge in [0.2, 0.25) is 15.9 Å². The molecule has 38 heavy (non-hydrogen) atoms. The zero-order chi connectivity index (χ0) is 28.1. The summed E-state index contributed by atoms with van der Waals surface area (Å²) in [6.07, 6.45) is 3.28. The lowest BCUT2D eigenvalue weighted by Gasteiger charge is -2.33. The maximum absolute atomic E-state index is 12.9. The molecule has 2 aromatic carbocycles. The fraction of sp³-hybridized carbons (Fsp3) is 0.462. The number of carbonyl (C=O) groups excluding carboxylic acids is 1. The van der Waals surface area contributed by atoms with Crippen molar-refractivity contribution in [3.05, 3.63) is 54.1 Å². The fourth-order valence-electron chi connectivity index (χ4n) is 4.14. The lowest BCUT2D eigenvalue weighted by molar-refractivity contribution is -0.130. The molecule has 1 amide bonds. The van der Waals surface area contributed by atoms with Gasteiger partial charge >= 0.3 is 5.97 Å². The van der Waals surface area contributed by atoms with Crippen molar-refractivity contribution >= 4 is 31.7 Å². The van der Waals surface area contributed by atoms with Gasteiger partial charge in [-0.1, -0.05) is 13.8 Å². The summed E-state index contributed by atoms with van der Waals surface area (Å²) in [6.45, 7) is 4.58. The molecule has 208 valence electrons. The van der Waals surface area contributed by atoms with Crippen LogP contribution < -0.4 is 10.1 Å². The number of hydrogen-bond donors (Lipinski definition) is 2. The third-order valence-electron chi connectivity index (χ3n) is 6.61. The fourth-order valence-corrected chi connectivity index (χ4v) is 6.24. The van der Waals surface area contributed by atoms with E-state index in [1.54, 1.807) is 12.1 Å². The number of sulfonamides is 1. The maximum atomic E-state index is 12.9. The van der Waals surface area contributed by atoms with Gasteiger partial charge in [-0.15, -0.1) is 0 Å². The van der Waals surface area contributed by atoms with Crippen molar-refractivity contribution in [2.24, 2.45) is 5.41 Å². The Hall–Kier alpha value is -2.96. The number of nitrogens with one attached hydrogen (secondary N) is 1. The molecule has 2 aromatic rings. The lowest BCUT2D eigenvalue weighted by Crippen LogP contribution is -2.49. The van der Waals surface area contributed by atoms with Gasteiger partial charge in [0.1, 0.15) is 5.75 Å². The summed E-state index contributed by atoms with van der Waals surface area (Å²) in [5.41, 5.74) is -0.638. The highest BCUT2D eigenvalue weighted by atomic mass is 32.2. The molecule has 1 heterocycles. The molecule has 0 saturated carbocycles. The van der Waals surface area contributed by atoms with E-state index in [9.17, 15) is 26.4 Å². The zero-order valence-electron chi connectivity index (χ0n) is 21.7. The molecule has 3 rings (SSSR count). The standard InChI is InChI=1S/C26H34N2O8S2/c1-26(2,15-4-18-36-21-7-11-22(12-8-21)37(3,32)33)25(31)27-20-13-16-28(17-14-20)38(34,35)23-9-5-19(6-10-23)24(29)30/h5-12,20H,4,13-18H2,1-3H3,(H,27,31)(H,29,30). The number of carboxylic acid groups (broad SMARTS) is 1. The second-order valence-electron chi connectivity index (χ2n) is 10.1. The molecule has 0 atom stereocenters. The van der Waals surface area contributed by atoms with Gasteiger partial charge in [0, 0.05) is 30.8 Å². The van der Waals surface area contributed by atoms with Crippen molar-refractivity contribution in [2.45, 2.75) is 55.4 Å². The molecular formula is C26H34N2O8S2. The van der Waals surface area contributed by atoms with E-state index >= 15 is 0 Å². The molecule has 12 heteroatoms. The molecule has 1 saturated heterocycles. The molecule has 1 aliphatic rings. The van der Waals surface area contributed by atoms with Crippen molar-refractivity contribution in [2.75, 3.05) is 26.0 Å². The van der Waals surface area contributed by atoms with Crippen LogP contribution in [-0.2, 0) is 24.7 Å². The predicted octanol–water partition coefficient (Wildman–Crippen LogP) is 2.94. The van der Waals surface area contributed by atoms with Crippen LogP contribution in [0.15, 0.2) is 58.3 Å². The van der Waals surface area contributed by atoms with Gasteiger partial charge in [-0.05, 0) is 74.2 Å². The number of aromatic carboxylic acids is 1. The number of nitrogens with zero attached hydrogens (tertiary/aromatic N) is 1. The third-order valence-corrected chi connectivity index (χ3v) is 9.65. The Morgan fingerprint density at radius 3 is 2.05 bits per heavy atom. The Bertz CT molecular complexity index is 1340. The number of amides is 1. The topological polar surface area (TPSA) is 147 Å². The maximum Gasteiger partial charge on any atom is 0.335 e. The first kappa shape index (κ1) is 29.6. The predicted molar refractivity (Wildman–Crippen MR) is 141 cm³/mol. The van der Waals surface area contributed by atoms with Gasteiger partial charge in [0.05, 0.1) is 22.0 Å². The number of ether oxygens (including phenoxy) is 1. The summed E-state index contributed by atoms with van der Waals surface area (Å²) in [6, 6.07) is 11.2. The van der Waals surface area contributed by atoms with E-state index in [2.05, 4.69) is 5.32 Å². The van der Waals surface area contributed by atoms with Gasteiger partial charge < -0.3 is 15.2 Å². The van der Waals surface area contributed by atoms with E-state index in [1.807, 2.05) is 13.8 Å². The molecule has 0 unspecified atom stereocenters. The minimum Gasteiger partial charge on any atom is -0.494 e. The minimum absolute atomic E-state index is 0.0165. The van der Waals surface area contributed by atoms with Crippen molar-refractivity contribution in [1.29, 1.82) is 0 Å². The van der Waals surface area contributed by atoms with Crippen molar-refractivity contribution < 1.29 is 36.3 Å². The highest BCUT2D eigenvalue weighted by Gasteiger charge is 2.33. The van der Waals surface area contributed by atoms with Crippen LogP contribution in [0.2, 0.25) is 0 Å². The monoisotopic (exact) mass is 566 g/mol. The second-order valence-corrected chi connectivity index (χ2v) is 14.0. The number of carboxylic acids is 1. The highest BCUT2D eigenvalue weighted by Crippen LogP contribution is 2.26. The quantitative estimate of drug-likeness (QED) is 0.395. The molecule has 0 aliphatic carbocycles. The van der Waals surface area contributed by atoms with Crippen LogP contribution in [0.4, 0.5) is 0 Å². The molecule has 0 spiro atoms. The Balaban J connectivity index is 1.44. The smallest absolute Gasteiger partial charge is 0.335 e. The summed E-state index contributed by atoms with van der Waals surface area (Å²) in [5.74, 6) is -0.679. The van der Waals surface area contributed by atoms with E-state index in [-0.39, 0.29) is 40.4 Å². The zero-order valence-corrected chi connectivity index (χ0v) is 23.3. The summed E-state index contributed by atoms with van der Waals surface area (Å²) in [7, 11) is -7.01. The molecular weight excluding hydrogens is 532 g/mol. The summed E-state index contributed by atoms with van der Waals surface area (Å²) >= 11 is 0. The van der Waals surface area contributed by atoms with Crippen molar-refractivity contribution in [3.63, 3.8) is 0 Å². The van der Waals surface area contributed by atoms with Crippen LogP contribution in [0, 0.1) is 5.41 Å². The van der Waals surface area contributed by atoms with Crippen molar-refractivity contribution in [3.8, 4) is 5.75 Å². The van der Waals surface area contributed by atoms with Crippen LogP contribution in [0.25, 0.3) is 0 Å². The average molecular weight is 567 g/mol. The number of rotatable bonds is 11. The molecule has 0 radical (unpaired) electrons. The summed E-state index contributed by atoms with van der Waals surface area (Å²) in [5, 5.41) is 12.1. The molecule has 2 N–H and O–H groups in total. The van der Waals surface area contributed by atoms with Gasteiger partial charge in [-0.2, -0.15) is 4.31 Å². The number of hydrogen-bond acceptors (Lipinski definition) is 7. The Kier molecular flexibility index (Phi) is 9.21. The highest BCUT2D eigenvalue weighted by molar-refractivity contribution is 7.90. The van der Waals surface area contributed by atoms with E-state index in [0.29, 0.717) is 38.0 Å². The first-order valence-electron chi connectivity index (χ1n) is 12.3.